The Bertz CT molecular complexity index is 1740. The van der Waals surface area contributed by atoms with Crippen LogP contribution in [0, 0.1) is 0 Å². The summed E-state index contributed by atoms with van der Waals surface area (Å²) in [6.07, 6.45) is -10.7. The fourth-order valence-electron chi connectivity index (χ4n) is 5.28. The highest BCUT2D eigenvalue weighted by molar-refractivity contribution is 7.91. The SMILES string of the molecule is CCC(C)(C)c1ccc(S(=O)(=O)c2ccc(C(C)(C)Oc3ccc(C(c4ccc(O)cc4)(C(F)(F)F)C(F)(F)F)cc3)cc2)cc1. The lowest BCUT2D eigenvalue weighted by Gasteiger charge is -2.38. The van der Waals surface area contributed by atoms with Crippen LogP contribution in [0.25, 0.3) is 0 Å². The van der Waals surface area contributed by atoms with E-state index < -0.39 is 50.1 Å². The standard InChI is InChI=1S/C35H34F6O4S/c1-6-31(2,3)23-11-19-29(20-12-23)46(43,44)30-21-13-24(14-22-30)32(4,5)45-28-17-9-26(10-18-28)33(34(36,37)38,35(39,40)41)25-7-15-27(42)16-8-25/h7-22,42H,6H2,1-5H3. The number of aromatic hydroxyl groups is 1. The Hall–Kier alpha value is -3.99. The predicted octanol–water partition coefficient (Wildman–Crippen LogP) is 9.64. The van der Waals surface area contributed by atoms with E-state index in [1.54, 1.807) is 50.2 Å². The van der Waals surface area contributed by atoms with Crippen molar-refractivity contribution in [3.63, 3.8) is 0 Å². The number of sulfone groups is 1. The van der Waals surface area contributed by atoms with Crippen molar-refractivity contribution in [2.24, 2.45) is 0 Å². The van der Waals surface area contributed by atoms with Gasteiger partial charge in [-0.05, 0) is 96.5 Å². The van der Waals surface area contributed by atoms with Gasteiger partial charge in [0.25, 0.3) is 0 Å². The Balaban J connectivity index is 1.61. The molecule has 0 saturated carbocycles. The fraction of sp³-hybridized carbons (Fsp3) is 0.314. The molecule has 0 aliphatic heterocycles. The zero-order valence-electron chi connectivity index (χ0n) is 25.8. The molecule has 0 aliphatic rings. The first-order chi connectivity index (χ1) is 21.2. The Morgan fingerprint density at radius 2 is 0.957 bits per heavy atom. The summed E-state index contributed by atoms with van der Waals surface area (Å²) < 4.78 is 119. The summed E-state index contributed by atoms with van der Waals surface area (Å²) in [5.41, 5.74) is -6.28. The summed E-state index contributed by atoms with van der Waals surface area (Å²) in [5, 5.41) is 9.48. The number of hydrogen-bond donors (Lipinski definition) is 1. The van der Waals surface area contributed by atoms with Crippen LogP contribution in [0.15, 0.2) is 107 Å². The van der Waals surface area contributed by atoms with Crippen molar-refractivity contribution >= 4 is 9.84 Å². The second-order valence-corrected chi connectivity index (χ2v) is 14.2. The smallest absolute Gasteiger partial charge is 0.411 e. The second-order valence-electron chi connectivity index (χ2n) is 12.2. The lowest BCUT2D eigenvalue weighted by molar-refractivity contribution is -0.288. The summed E-state index contributed by atoms with van der Waals surface area (Å²) in [7, 11) is -3.84. The van der Waals surface area contributed by atoms with E-state index in [1.807, 2.05) is 0 Å². The molecule has 0 spiro atoms. The normalized spacial score (nSPS) is 13.5. The highest BCUT2D eigenvalue weighted by atomic mass is 32.2. The first kappa shape index (κ1) is 34.9. The van der Waals surface area contributed by atoms with Gasteiger partial charge in [-0.1, -0.05) is 69.3 Å². The number of phenols is 1. The van der Waals surface area contributed by atoms with Gasteiger partial charge in [0, 0.05) is 0 Å². The molecule has 246 valence electrons. The van der Waals surface area contributed by atoms with Crippen LogP contribution in [0.4, 0.5) is 26.3 Å². The lowest BCUT2D eigenvalue weighted by Crippen LogP contribution is -2.54. The molecular weight excluding hydrogens is 630 g/mol. The van der Waals surface area contributed by atoms with Gasteiger partial charge in [-0.3, -0.25) is 0 Å². The molecule has 4 aromatic rings. The maximum absolute atomic E-state index is 14.4. The Morgan fingerprint density at radius 3 is 1.35 bits per heavy atom. The molecule has 0 fully saturated rings. The number of ether oxygens (including phenoxy) is 1. The van der Waals surface area contributed by atoms with Crippen molar-refractivity contribution in [2.75, 3.05) is 0 Å². The molecule has 0 bridgehead atoms. The first-order valence-corrected chi connectivity index (χ1v) is 15.8. The van der Waals surface area contributed by atoms with Crippen LogP contribution < -0.4 is 4.74 Å². The monoisotopic (exact) mass is 664 g/mol. The minimum Gasteiger partial charge on any atom is -0.508 e. The quantitative estimate of drug-likeness (QED) is 0.181. The molecule has 0 atom stereocenters. The first-order valence-electron chi connectivity index (χ1n) is 14.4. The molecule has 4 nitrogen and oxygen atoms in total. The number of benzene rings is 4. The summed E-state index contributed by atoms with van der Waals surface area (Å²) in [6.45, 7) is 9.46. The van der Waals surface area contributed by atoms with E-state index in [2.05, 4.69) is 20.8 Å². The van der Waals surface area contributed by atoms with Crippen molar-refractivity contribution in [1.29, 1.82) is 0 Å². The molecule has 0 aliphatic carbocycles. The van der Waals surface area contributed by atoms with Crippen molar-refractivity contribution in [1.82, 2.24) is 0 Å². The topological polar surface area (TPSA) is 63.6 Å². The van der Waals surface area contributed by atoms with Crippen LogP contribution in [0.3, 0.4) is 0 Å². The van der Waals surface area contributed by atoms with Crippen LogP contribution in [0.5, 0.6) is 11.5 Å². The Labute approximate surface area is 264 Å². The molecule has 1 N–H and O–H groups in total. The van der Waals surface area contributed by atoms with Crippen molar-refractivity contribution in [3.05, 3.63) is 119 Å². The third-order valence-electron chi connectivity index (χ3n) is 8.50. The summed E-state index contributed by atoms with van der Waals surface area (Å²) in [6, 6.07) is 18.8. The van der Waals surface area contributed by atoms with Gasteiger partial charge in [0.15, 0.2) is 0 Å². The molecule has 11 heteroatoms. The zero-order chi connectivity index (χ0) is 34.3. The minimum absolute atomic E-state index is 0.00973. The van der Waals surface area contributed by atoms with Crippen molar-refractivity contribution in [3.8, 4) is 11.5 Å². The van der Waals surface area contributed by atoms with Crippen LogP contribution in [0.2, 0.25) is 0 Å². The third-order valence-corrected chi connectivity index (χ3v) is 10.3. The summed E-state index contributed by atoms with van der Waals surface area (Å²) >= 11 is 0. The maximum Gasteiger partial charge on any atom is 0.411 e. The number of hydrogen-bond acceptors (Lipinski definition) is 4. The highest BCUT2D eigenvalue weighted by Crippen LogP contribution is 2.56. The van der Waals surface area contributed by atoms with Crippen molar-refractivity contribution in [2.45, 2.75) is 79.6 Å². The number of phenolic OH excluding ortho intramolecular Hbond substituents is 1. The van der Waals surface area contributed by atoms with E-state index in [-0.39, 0.29) is 21.0 Å². The summed E-state index contributed by atoms with van der Waals surface area (Å²) in [4.78, 5) is 0.177. The molecule has 0 heterocycles. The van der Waals surface area contributed by atoms with E-state index >= 15 is 0 Å². The second kappa shape index (κ2) is 12.0. The predicted molar refractivity (Wildman–Crippen MR) is 163 cm³/mol. The van der Waals surface area contributed by atoms with Gasteiger partial charge >= 0.3 is 12.4 Å². The molecule has 0 aromatic heterocycles. The Morgan fingerprint density at radius 1 is 0.587 bits per heavy atom. The van der Waals surface area contributed by atoms with Gasteiger partial charge in [-0.2, -0.15) is 26.3 Å². The van der Waals surface area contributed by atoms with E-state index in [0.29, 0.717) is 29.8 Å². The van der Waals surface area contributed by atoms with E-state index in [1.165, 1.54) is 12.1 Å². The number of rotatable bonds is 9. The van der Waals surface area contributed by atoms with Gasteiger partial charge in [-0.25, -0.2) is 8.42 Å². The number of halogens is 6. The van der Waals surface area contributed by atoms with Gasteiger partial charge in [-0.15, -0.1) is 0 Å². The fourth-order valence-corrected chi connectivity index (χ4v) is 6.54. The number of alkyl halides is 6. The van der Waals surface area contributed by atoms with Gasteiger partial charge in [0.1, 0.15) is 17.1 Å². The van der Waals surface area contributed by atoms with Crippen LogP contribution >= 0.6 is 0 Å². The van der Waals surface area contributed by atoms with E-state index in [4.69, 9.17) is 4.74 Å². The van der Waals surface area contributed by atoms with Crippen LogP contribution in [-0.2, 0) is 26.3 Å². The third kappa shape index (κ3) is 6.34. The van der Waals surface area contributed by atoms with E-state index in [0.717, 1.165) is 36.2 Å². The molecule has 0 amide bonds. The molecule has 0 unspecified atom stereocenters. The Kier molecular flexibility index (Phi) is 9.09. The molecule has 0 saturated heterocycles. The average molecular weight is 665 g/mol. The zero-order valence-corrected chi connectivity index (χ0v) is 26.6. The van der Waals surface area contributed by atoms with Crippen LogP contribution in [-0.4, -0.2) is 25.9 Å². The van der Waals surface area contributed by atoms with Gasteiger partial charge in [0.2, 0.25) is 15.3 Å². The lowest BCUT2D eigenvalue weighted by atomic mass is 9.73. The minimum atomic E-state index is -5.78. The van der Waals surface area contributed by atoms with Crippen LogP contribution in [0.1, 0.15) is 63.3 Å². The van der Waals surface area contributed by atoms with Crippen molar-refractivity contribution < 1.29 is 44.6 Å². The summed E-state index contributed by atoms with van der Waals surface area (Å²) in [5.74, 6) is -0.492. The largest absolute Gasteiger partial charge is 0.508 e. The molecule has 0 radical (unpaired) electrons. The van der Waals surface area contributed by atoms with Gasteiger partial charge < -0.3 is 9.84 Å². The maximum atomic E-state index is 14.4. The van der Waals surface area contributed by atoms with Gasteiger partial charge in [0.05, 0.1) is 9.79 Å². The molecular formula is C35H34F6O4S. The average Bonchev–Trinajstić information content (AvgIpc) is 2.98. The molecule has 4 rings (SSSR count). The highest BCUT2D eigenvalue weighted by Gasteiger charge is 2.72. The van der Waals surface area contributed by atoms with E-state index in [9.17, 15) is 39.9 Å². The molecule has 4 aromatic carbocycles. The molecule has 46 heavy (non-hydrogen) atoms.